The van der Waals surface area contributed by atoms with Crippen LogP contribution in [0.3, 0.4) is 0 Å². The monoisotopic (exact) mass is 298 g/mol. The summed E-state index contributed by atoms with van der Waals surface area (Å²) >= 11 is 5.87. The Kier molecular flexibility index (Phi) is 6.82. The number of halogens is 1. The van der Waals surface area contributed by atoms with Crippen molar-refractivity contribution in [2.75, 3.05) is 13.2 Å². The summed E-state index contributed by atoms with van der Waals surface area (Å²) in [7, 11) is 0. The molecule has 0 bridgehead atoms. The zero-order chi connectivity index (χ0) is 15.0. The fraction of sp³-hybridized carbons (Fsp3) is 0.533. The lowest BCUT2D eigenvalue weighted by atomic mass is 9.89. The molecule has 2 amide bonds. The third-order valence-corrected chi connectivity index (χ3v) is 3.32. The maximum atomic E-state index is 11.6. The van der Waals surface area contributed by atoms with Crippen LogP contribution in [0.4, 0.5) is 4.79 Å². The predicted molar refractivity (Wildman–Crippen MR) is 81.8 cm³/mol. The molecule has 3 N–H and O–H groups in total. The second-order valence-electron chi connectivity index (χ2n) is 5.67. The standard InChI is InChI=1S/C15H23ClN2O2/c1-15(2,11-19)7-4-8-17-14(20)18-10-12-5-3-6-13(16)9-12/h3,5-6,9,19H,4,7-8,10-11H2,1-2H3,(H2,17,18,20). The minimum absolute atomic E-state index is 0.0844. The molecule has 1 rings (SSSR count). The average molecular weight is 299 g/mol. The Labute approximate surface area is 125 Å². The first-order chi connectivity index (χ1) is 9.43. The van der Waals surface area contributed by atoms with E-state index in [2.05, 4.69) is 10.6 Å². The normalized spacial score (nSPS) is 11.2. The Morgan fingerprint density at radius 3 is 2.75 bits per heavy atom. The molecule has 1 aromatic carbocycles. The smallest absolute Gasteiger partial charge is 0.315 e. The summed E-state index contributed by atoms with van der Waals surface area (Å²) in [6.07, 6.45) is 1.72. The minimum atomic E-state index is -0.188. The highest BCUT2D eigenvalue weighted by molar-refractivity contribution is 6.30. The van der Waals surface area contributed by atoms with Crippen molar-refractivity contribution >= 4 is 17.6 Å². The van der Waals surface area contributed by atoms with E-state index in [1.807, 2.05) is 32.0 Å². The van der Waals surface area contributed by atoms with Gasteiger partial charge in [-0.25, -0.2) is 4.79 Å². The van der Waals surface area contributed by atoms with Gasteiger partial charge in [0, 0.05) is 24.7 Å². The maximum Gasteiger partial charge on any atom is 0.315 e. The van der Waals surface area contributed by atoms with Crippen molar-refractivity contribution in [1.82, 2.24) is 10.6 Å². The van der Waals surface area contributed by atoms with Crippen LogP contribution < -0.4 is 10.6 Å². The van der Waals surface area contributed by atoms with Crippen LogP contribution in [0.2, 0.25) is 5.02 Å². The van der Waals surface area contributed by atoms with Crippen molar-refractivity contribution in [2.45, 2.75) is 33.2 Å². The highest BCUT2D eigenvalue weighted by Crippen LogP contribution is 2.20. The van der Waals surface area contributed by atoms with Crippen LogP contribution in [-0.2, 0) is 6.54 Å². The number of carbonyl (C=O) groups is 1. The first-order valence-corrected chi connectivity index (χ1v) is 7.18. The van der Waals surface area contributed by atoms with Gasteiger partial charge in [-0.3, -0.25) is 0 Å². The summed E-state index contributed by atoms with van der Waals surface area (Å²) in [6, 6.07) is 7.20. The SMILES string of the molecule is CC(C)(CO)CCCNC(=O)NCc1cccc(Cl)c1. The lowest BCUT2D eigenvalue weighted by molar-refractivity contribution is 0.148. The summed E-state index contributed by atoms with van der Waals surface area (Å²) in [5.41, 5.74) is 0.882. The van der Waals surface area contributed by atoms with E-state index < -0.39 is 0 Å². The zero-order valence-electron chi connectivity index (χ0n) is 12.1. The van der Waals surface area contributed by atoms with E-state index in [0.29, 0.717) is 18.1 Å². The van der Waals surface area contributed by atoms with Crippen molar-refractivity contribution in [3.63, 3.8) is 0 Å². The fourth-order valence-corrected chi connectivity index (χ4v) is 1.95. The molecule has 0 aliphatic rings. The van der Waals surface area contributed by atoms with Gasteiger partial charge < -0.3 is 15.7 Å². The van der Waals surface area contributed by atoms with Crippen LogP contribution in [0, 0.1) is 5.41 Å². The molecule has 0 aromatic heterocycles. The van der Waals surface area contributed by atoms with Crippen molar-refractivity contribution in [3.8, 4) is 0 Å². The number of amides is 2. The number of hydrogen-bond donors (Lipinski definition) is 3. The van der Waals surface area contributed by atoms with E-state index in [1.165, 1.54) is 0 Å². The summed E-state index contributed by atoms with van der Waals surface area (Å²) in [5, 5.41) is 15.4. The predicted octanol–water partition coefficient (Wildman–Crippen LogP) is 2.94. The van der Waals surface area contributed by atoms with E-state index >= 15 is 0 Å². The van der Waals surface area contributed by atoms with Gasteiger partial charge in [-0.15, -0.1) is 0 Å². The Morgan fingerprint density at radius 2 is 2.10 bits per heavy atom. The van der Waals surface area contributed by atoms with Gasteiger partial charge in [-0.2, -0.15) is 0 Å². The third kappa shape index (κ3) is 6.78. The Morgan fingerprint density at radius 1 is 1.35 bits per heavy atom. The van der Waals surface area contributed by atoms with Gasteiger partial charge in [0.25, 0.3) is 0 Å². The van der Waals surface area contributed by atoms with E-state index in [-0.39, 0.29) is 18.1 Å². The lowest BCUT2D eigenvalue weighted by Gasteiger charge is -2.21. The van der Waals surface area contributed by atoms with E-state index in [1.54, 1.807) is 6.07 Å². The number of urea groups is 1. The van der Waals surface area contributed by atoms with E-state index in [4.69, 9.17) is 16.7 Å². The van der Waals surface area contributed by atoms with Crippen molar-refractivity contribution in [1.29, 1.82) is 0 Å². The van der Waals surface area contributed by atoms with Crippen molar-refractivity contribution < 1.29 is 9.90 Å². The summed E-state index contributed by atoms with van der Waals surface area (Å²) in [6.45, 7) is 5.23. The number of hydrogen-bond acceptors (Lipinski definition) is 2. The van der Waals surface area contributed by atoms with Crippen LogP contribution in [0.15, 0.2) is 24.3 Å². The largest absolute Gasteiger partial charge is 0.396 e. The number of aliphatic hydroxyl groups excluding tert-OH is 1. The van der Waals surface area contributed by atoms with Crippen molar-refractivity contribution in [3.05, 3.63) is 34.9 Å². The molecule has 20 heavy (non-hydrogen) atoms. The highest BCUT2D eigenvalue weighted by Gasteiger charge is 2.15. The van der Waals surface area contributed by atoms with E-state index in [9.17, 15) is 4.79 Å². The topological polar surface area (TPSA) is 61.4 Å². The molecule has 0 saturated carbocycles. The van der Waals surface area contributed by atoms with Gasteiger partial charge in [0.2, 0.25) is 0 Å². The molecule has 0 fully saturated rings. The van der Waals surface area contributed by atoms with Gasteiger partial charge in [-0.1, -0.05) is 37.6 Å². The molecular weight excluding hydrogens is 276 g/mol. The maximum absolute atomic E-state index is 11.6. The van der Waals surface area contributed by atoms with Crippen LogP contribution >= 0.6 is 11.6 Å². The van der Waals surface area contributed by atoms with Gasteiger partial charge in [-0.05, 0) is 36.0 Å². The minimum Gasteiger partial charge on any atom is -0.396 e. The first-order valence-electron chi connectivity index (χ1n) is 6.80. The molecule has 0 radical (unpaired) electrons. The molecule has 1 aromatic rings. The number of rotatable bonds is 7. The molecule has 5 heteroatoms. The second kappa shape index (κ2) is 8.12. The van der Waals surface area contributed by atoms with Crippen LogP contribution in [-0.4, -0.2) is 24.3 Å². The number of benzene rings is 1. The molecule has 0 saturated heterocycles. The molecular formula is C15H23ClN2O2. The molecule has 0 unspecified atom stereocenters. The van der Waals surface area contributed by atoms with E-state index in [0.717, 1.165) is 18.4 Å². The van der Waals surface area contributed by atoms with Gasteiger partial charge >= 0.3 is 6.03 Å². The average Bonchev–Trinajstić information content (AvgIpc) is 2.41. The Bertz CT molecular complexity index is 436. The first kappa shape index (κ1) is 16.8. The summed E-state index contributed by atoms with van der Waals surface area (Å²) in [4.78, 5) is 11.6. The van der Waals surface area contributed by atoms with Crippen LogP contribution in [0.25, 0.3) is 0 Å². The van der Waals surface area contributed by atoms with Crippen molar-refractivity contribution in [2.24, 2.45) is 5.41 Å². The zero-order valence-corrected chi connectivity index (χ0v) is 12.8. The highest BCUT2D eigenvalue weighted by atomic mass is 35.5. The Hall–Kier alpha value is -1.26. The molecule has 0 atom stereocenters. The Balaban J connectivity index is 2.18. The number of nitrogens with one attached hydrogen (secondary N) is 2. The number of carbonyl (C=O) groups excluding carboxylic acids is 1. The number of aliphatic hydroxyl groups is 1. The molecule has 4 nitrogen and oxygen atoms in total. The molecule has 0 heterocycles. The summed E-state index contributed by atoms with van der Waals surface area (Å²) < 4.78 is 0. The quantitative estimate of drug-likeness (QED) is 0.678. The lowest BCUT2D eigenvalue weighted by Crippen LogP contribution is -2.36. The van der Waals surface area contributed by atoms with Crippen LogP contribution in [0.5, 0.6) is 0 Å². The molecule has 0 aliphatic heterocycles. The molecule has 112 valence electrons. The van der Waals surface area contributed by atoms with Gasteiger partial charge in [0.1, 0.15) is 0 Å². The fourth-order valence-electron chi connectivity index (χ4n) is 1.74. The summed E-state index contributed by atoms with van der Waals surface area (Å²) in [5.74, 6) is 0. The van der Waals surface area contributed by atoms with Gasteiger partial charge in [0.05, 0.1) is 0 Å². The second-order valence-corrected chi connectivity index (χ2v) is 6.10. The molecule has 0 aliphatic carbocycles. The third-order valence-electron chi connectivity index (χ3n) is 3.09. The van der Waals surface area contributed by atoms with Crippen LogP contribution in [0.1, 0.15) is 32.3 Å². The molecule has 0 spiro atoms. The van der Waals surface area contributed by atoms with Gasteiger partial charge in [0.15, 0.2) is 0 Å².